The molecule has 2 rings (SSSR count). The van der Waals surface area contributed by atoms with E-state index in [1.165, 1.54) is 0 Å². The molecule has 0 amide bonds. The van der Waals surface area contributed by atoms with Gasteiger partial charge in [0.1, 0.15) is 0 Å². The number of carboxylic acids is 1. The van der Waals surface area contributed by atoms with E-state index in [2.05, 4.69) is 9.80 Å². The summed E-state index contributed by atoms with van der Waals surface area (Å²) in [5.41, 5.74) is 0. The van der Waals surface area contributed by atoms with E-state index in [-0.39, 0.29) is 6.42 Å². The normalized spacial score (nSPS) is 28.4. The van der Waals surface area contributed by atoms with Crippen LogP contribution >= 0.6 is 0 Å². The van der Waals surface area contributed by atoms with Crippen LogP contribution in [-0.2, 0) is 9.53 Å². The Morgan fingerprint density at radius 2 is 2.06 bits per heavy atom. The average molecular weight is 258 g/mol. The molecule has 2 unspecified atom stereocenters. The molecule has 6 nitrogen and oxygen atoms in total. The number of nitrogens with zero attached hydrogens (tertiary/aromatic N) is 2. The van der Waals surface area contributed by atoms with Gasteiger partial charge in [-0.25, -0.2) is 0 Å². The topological polar surface area (TPSA) is 73.2 Å². The lowest BCUT2D eigenvalue weighted by Gasteiger charge is -2.32. The number of carboxylic acid groups (broad SMARTS) is 1. The summed E-state index contributed by atoms with van der Waals surface area (Å²) in [5.74, 6) is -0.938. The van der Waals surface area contributed by atoms with Crippen molar-refractivity contribution < 1.29 is 19.7 Å². The van der Waals surface area contributed by atoms with Crippen molar-refractivity contribution in [1.82, 2.24) is 9.80 Å². The number of hydrogen-bond acceptors (Lipinski definition) is 5. The fourth-order valence-corrected chi connectivity index (χ4v) is 2.78. The molecule has 0 radical (unpaired) electrons. The van der Waals surface area contributed by atoms with E-state index in [1.54, 1.807) is 0 Å². The van der Waals surface area contributed by atoms with E-state index in [4.69, 9.17) is 9.84 Å². The van der Waals surface area contributed by atoms with Crippen molar-refractivity contribution in [3.05, 3.63) is 0 Å². The Kier molecular flexibility index (Phi) is 4.94. The molecular formula is C12H22N2O4. The lowest BCUT2D eigenvalue weighted by Crippen LogP contribution is -2.45. The molecule has 2 aliphatic heterocycles. The number of carbonyl (C=O) groups is 1. The first-order valence-electron chi connectivity index (χ1n) is 6.59. The van der Waals surface area contributed by atoms with E-state index in [9.17, 15) is 9.90 Å². The molecule has 2 aliphatic rings. The van der Waals surface area contributed by atoms with Gasteiger partial charge in [-0.15, -0.1) is 0 Å². The van der Waals surface area contributed by atoms with Crippen LogP contribution in [0.4, 0.5) is 0 Å². The van der Waals surface area contributed by atoms with Gasteiger partial charge in [0.25, 0.3) is 0 Å². The van der Waals surface area contributed by atoms with Crippen LogP contribution in [0.5, 0.6) is 0 Å². The highest BCUT2D eigenvalue weighted by atomic mass is 16.5. The molecule has 18 heavy (non-hydrogen) atoms. The van der Waals surface area contributed by atoms with Gasteiger partial charge >= 0.3 is 5.97 Å². The number of likely N-dealkylation sites (tertiary alicyclic amines) is 1. The van der Waals surface area contributed by atoms with Crippen LogP contribution in [0.3, 0.4) is 0 Å². The number of aliphatic hydroxyl groups is 1. The van der Waals surface area contributed by atoms with Crippen LogP contribution in [0.15, 0.2) is 0 Å². The minimum Gasteiger partial charge on any atom is -0.481 e. The lowest BCUT2D eigenvalue weighted by atomic mass is 10.2. The van der Waals surface area contributed by atoms with Crippen LogP contribution in [0.1, 0.15) is 12.8 Å². The van der Waals surface area contributed by atoms with Crippen molar-refractivity contribution in [3.8, 4) is 0 Å². The van der Waals surface area contributed by atoms with Crippen molar-refractivity contribution in [2.75, 3.05) is 45.9 Å². The number of rotatable bonds is 5. The Bertz CT molecular complexity index is 281. The highest BCUT2D eigenvalue weighted by molar-refractivity contribution is 5.67. The van der Waals surface area contributed by atoms with E-state index >= 15 is 0 Å². The molecule has 2 atom stereocenters. The number of ether oxygens (including phenoxy) is 1. The second kappa shape index (κ2) is 6.47. The van der Waals surface area contributed by atoms with Gasteiger partial charge in [-0.2, -0.15) is 0 Å². The van der Waals surface area contributed by atoms with Crippen molar-refractivity contribution in [3.63, 3.8) is 0 Å². The van der Waals surface area contributed by atoms with Gasteiger partial charge in [-0.3, -0.25) is 14.6 Å². The molecule has 2 N–H and O–H groups in total. The standard InChI is InChI=1S/C12H22N2O4/c15-11(7-12(16)17)9-13-2-1-10(8-13)14-3-5-18-6-4-14/h10-11,15H,1-9H2,(H,16,17). The van der Waals surface area contributed by atoms with Crippen molar-refractivity contribution in [2.24, 2.45) is 0 Å². The predicted octanol–water partition coefficient (Wildman–Crippen LogP) is -0.771. The van der Waals surface area contributed by atoms with Crippen LogP contribution in [0, 0.1) is 0 Å². The monoisotopic (exact) mass is 258 g/mol. The molecular weight excluding hydrogens is 236 g/mol. The molecule has 2 saturated heterocycles. The summed E-state index contributed by atoms with van der Waals surface area (Å²) in [6.45, 7) is 5.91. The fraction of sp³-hybridized carbons (Fsp3) is 0.917. The zero-order chi connectivity index (χ0) is 13.0. The van der Waals surface area contributed by atoms with Crippen LogP contribution < -0.4 is 0 Å². The van der Waals surface area contributed by atoms with E-state index in [0.717, 1.165) is 45.8 Å². The molecule has 0 spiro atoms. The molecule has 0 saturated carbocycles. The SMILES string of the molecule is O=C(O)CC(O)CN1CCC(N2CCOCC2)C1. The molecule has 104 valence electrons. The summed E-state index contributed by atoms with van der Waals surface area (Å²) < 4.78 is 5.33. The van der Waals surface area contributed by atoms with Crippen LogP contribution in [0.2, 0.25) is 0 Å². The number of morpholine rings is 1. The van der Waals surface area contributed by atoms with Crippen LogP contribution in [-0.4, -0.2) is 84.1 Å². The van der Waals surface area contributed by atoms with Gasteiger partial charge in [0.2, 0.25) is 0 Å². The van der Waals surface area contributed by atoms with E-state index in [0.29, 0.717) is 12.6 Å². The minimum atomic E-state index is -0.938. The molecule has 0 aromatic carbocycles. The first-order chi connectivity index (χ1) is 8.65. The number of aliphatic carboxylic acids is 1. The van der Waals surface area contributed by atoms with E-state index < -0.39 is 12.1 Å². The number of β-amino-alcohol motifs (C(OH)–C–C–N with tert-alkyl or cyclic N) is 1. The molecule has 0 bridgehead atoms. The lowest BCUT2D eigenvalue weighted by molar-refractivity contribution is -0.139. The largest absolute Gasteiger partial charge is 0.481 e. The first kappa shape index (κ1) is 13.7. The Hall–Kier alpha value is -0.690. The van der Waals surface area contributed by atoms with Crippen molar-refractivity contribution in [1.29, 1.82) is 0 Å². The Balaban J connectivity index is 1.72. The zero-order valence-electron chi connectivity index (χ0n) is 10.6. The fourth-order valence-electron chi connectivity index (χ4n) is 2.78. The quantitative estimate of drug-likeness (QED) is 0.674. The predicted molar refractivity (Wildman–Crippen MR) is 65.5 cm³/mol. The summed E-state index contributed by atoms with van der Waals surface area (Å²) >= 11 is 0. The van der Waals surface area contributed by atoms with Gasteiger partial charge in [0.15, 0.2) is 0 Å². The molecule has 0 aliphatic carbocycles. The highest BCUT2D eigenvalue weighted by Crippen LogP contribution is 2.17. The number of hydrogen-bond donors (Lipinski definition) is 2. The second-order valence-corrected chi connectivity index (χ2v) is 5.10. The smallest absolute Gasteiger partial charge is 0.306 e. The maximum atomic E-state index is 10.5. The second-order valence-electron chi connectivity index (χ2n) is 5.10. The Labute approximate surface area is 107 Å². The highest BCUT2D eigenvalue weighted by Gasteiger charge is 2.29. The third-order valence-electron chi connectivity index (χ3n) is 3.69. The minimum absolute atomic E-state index is 0.168. The third-order valence-corrected chi connectivity index (χ3v) is 3.69. The van der Waals surface area contributed by atoms with Crippen molar-refractivity contribution in [2.45, 2.75) is 25.0 Å². The van der Waals surface area contributed by atoms with Gasteiger partial charge in [0.05, 0.1) is 25.7 Å². The molecule has 2 fully saturated rings. The van der Waals surface area contributed by atoms with Gasteiger partial charge < -0.3 is 14.9 Å². The van der Waals surface area contributed by atoms with Gasteiger partial charge in [-0.05, 0) is 13.0 Å². The van der Waals surface area contributed by atoms with Crippen LogP contribution in [0.25, 0.3) is 0 Å². The molecule has 0 aromatic heterocycles. The zero-order valence-corrected chi connectivity index (χ0v) is 10.6. The molecule has 0 aromatic rings. The Morgan fingerprint density at radius 3 is 2.72 bits per heavy atom. The summed E-state index contributed by atoms with van der Waals surface area (Å²) in [7, 11) is 0. The van der Waals surface area contributed by atoms with Crippen molar-refractivity contribution >= 4 is 5.97 Å². The summed E-state index contributed by atoms with van der Waals surface area (Å²) in [4.78, 5) is 15.1. The summed E-state index contributed by atoms with van der Waals surface area (Å²) in [5, 5.41) is 18.2. The van der Waals surface area contributed by atoms with Gasteiger partial charge in [-0.1, -0.05) is 0 Å². The third kappa shape index (κ3) is 3.91. The van der Waals surface area contributed by atoms with Gasteiger partial charge in [0, 0.05) is 32.2 Å². The number of aliphatic hydroxyl groups excluding tert-OH is 1. The average Bonchev–Trinajstić information content (AvgIpc) is 2.77. The molecule has 6 heteroatoms. The van der Waals surface area contributed by atoms with E-state index in [1.807, 2.05) is 0 Å². The Morgan fingerprint density at radius 1 is 1.33 bits per heavy atom. The first-order valence-corrected chi connectivity index (χ1v) is 6.59. The summed E-state index contributed by atoms with van der Waals surface area (Å²) in [6, 6.07) is 0.533. The summed E-state index contributed by atoms with van der Waals surface area (Å²) in [6.07, 6.45) is 0.171. The maximum Gasteiger partial charge on any atom is 0.306 e. The molecule has 2 heterocycles. The maximum absolute atomic E-state index is 10.5.